The maximum atomic E-state index is 11.9. The Morgan fingerprint density at radius 2 is 1.54 bits per heavy atom. The molecule has 1 amide bonds. The first kappa shape index (κ1) is 37.5. The maximum Gasteiger partial charge on any atom is 0.211 e. The summed E-state index contributed by atoms with van der Waals surface area (Å²) >= 11 is 0. The number of hydrogen-bond donors (Lipinski definition) is 6. The summed E-state index contributed by atoms with van der Waals surface area (Å²) in [4.78, 5) is 19.5. The van der Waals surface area contributed by atoms with Crippen molar-refractivity contribution in [1.29, 1.82) is 0 Å². The van der Waals surface area contributed by atoms with Gasteiger partial charge in [0, 0.05) is 12.6 Å². The van der Waals surface area contributed by atoms with Gasteiger partial charge >= 0.3 is 0 Å². The molecule has 4 aromatic carbocycles. The van der Waals surface area contributed by atoms with E-state index in [4.69, 9.17) is 14.1 Å². The molecule has 1 atom stereocenters. The fraction of sp³-hybridized carbons (Fsp3) is 0.256. The molecule has 50 heavy (non-hydrogen) atoms. The highest BCUT2D eigenvalue weighted by Gasteiger charge is 2.37. The molecule has 0 aliphatic heterocycles. The van der Waals surface area contributed by atoms with Crippen molar-refractivity contribution in [1.82, 2.24) is 15.8 Å². The molecule has 11 nitrogen and oxygen atoms in total. The van der Waals surface area contributed by atoms with Crippen molar-refractivity contribution in [2.75, 3.05) is 31.6 Å². The Bertz CT molecular complexity index is 1690. The van der Waals surface area contributed by atoms with Crippen LogP contribution in [0, 0.1) is 0 Å². The van der Waals surface area contributed by atoms with Gasteiger partial charge in [0.15, 0.2) is 11.4 Å². The molecule has 11 heteroatoms. The minimum atomic E-state index is -1.43. The monoisotopic (exact) mass is 680 g/mol. The predicted molar refractivity (Wildman–Crippen MR) is 191 cm³/mol. The van der Waals surface area contributed by atoms with Crippen molar-refractivity contribution in [2.24, 2.45) is 0 Å². The lowest BCUT2D eigenvalue weighted by Gasteiger charge is -2.27. The zero-order valence-electron chi connectivity index (χ0n) is 28.0. The number of phenols is 1. The molecule has 5 rings (SSSR count). The number of aliphatic hydroxyl groups excluding tert-OH is 1. The number of benzene rings is 4. The average Bonchev–Trinajstić information content (AvgIpc) is 3.63. The third-order valence-electron chi connectivity index (χ3n) is 7.85. The number of aliphatic hydroxyl groups is 2. The molecule has 5 aromatic rings. The van der Waals surface area contributed by atoms with E-state index in [2.05, 4.69) is 21.1 Å². The van der Waals surface area contributed by atoms with Crippen LogP contribution in [-0.4, -0.2) is 59.4 Å². The lowest BCUT2D eigenvalue weighted by atomic mass is 9.83. The summed E-state index contributed by atoms with van der Waals surface area (Å²) in [5.41, 5.74) is 2.43. The summed E-state index contributed by atoms with van der Waals surface area (Å²) < 4.78 is 11.5. The zero-order chi connectivity index (χ0) is 35.6. The van der Waals surface area contributed by atoms with Gasteiger partial charge in [-0.2, -0.15) is 0 Å². The van der Waals surface area contributed by atoms with Gasteiger partial charge in [-0.3, -0.25) is 4.79 Å². The first-order valence-electron chi connectivity index (χ1n) is 16.4. The lowest BCUT2D eigenvalue weighted by Crippen LogP contribution is -2.29. The zero-order valence-corrected chi connectivity index (χ0v) is 28.0. The summed E-state index contributed by atoms with van der Waals surface area (Å²) in [5, 5.41) is 45.3. The van der Waals surface area contributed by atoms with Gasteiger partial charge < -0.3 is 45.3 Å². The summed E-state index contributed by atoms with van der Waals surface area (Å²) in [7, 11) is 0. The number of aromatic nitrogens is 1. The van der Waals surface area contributed by atoms with E-state index in [0.29, 0.717) is 67.3 Å². The number of carbonyl (C=O) groups is 2. The van der Waals surface area contributed by atoms with Gasteiger partial charge in [0.1, 0.15) is 23.5 Å². The quantitative estimate of drug-likeness (QED) is 0.0428. The second kappa shape index (κ2) is 19.6. The van der Waals surface area contributed by atoms with Gasteiger partial charge in [-0.25, -0.2) is 0 Å². The summed E-state index contributed by atoms with van der Waals surface area (Å²) in [6.45, 7) is 4.19. The van der Waals surface area contributed by atoms with E-state index >= 15 is 0 Å². The second-order valence-electron chi connectivity index (χ2n) is 11.4. The van der Waals surface area contributed by atoms with E-state index < -0.39 is 11.7 Å². The van der Waals surface area contributed by atoms with Crippen LogP contribution in [0.1, 0.15) is 53.2 Å². The van der Waals surface area contributed by atoms with Gasteiger partial charge in [-0.15, -0.1) is 0 Å². The lowest BCUT2D eigenvalue weighted by molar-refractivity contribution is -0.106. The van der Waals surface area contributed by atoms with Crippen molar-refractivity contribution >= 4 is 18.4 Å². The molecule has 6 N–H and O–H groups in total. The Morgan fingerprint density at radius 1 is 0.880 bits per heavy atom. The van der Waals surface area contributed by atoms with Gasteiger partial charge in [0.25, 0.3) is 0 Å². The normalized spacial score (nSPS) is 11.6. The number of hydrogen-bond acceptors (Lipinski definition) is 10. The Labute approximate surface area is 291 Å². The molecule has 0 fully saturated rings. The van der Waals surface area contributed by atoms with Crippen LogP contribution < -0.4 is 20.7 Å². The number of rotatable bonds is 18. The molecule has 1 aromatic heterocycles. The predicted octanol–water partition coefficient (Wildman–Crippen LogP) is 4.86. The minimum absolute atomic E-state index is 0.0546. The highest BCUT2D eigenvalue weighted by molar-refractivity contribution is 5.75. The molecular formula is C39H44N4O7. The molecule has 262 valence electrons. The van der Waals surface area contributed by atoms with E-state index in [9.17, 15) is 20.1 Å². The van der Waals surface area contributed by atoms with Crippen LogP contribution >= 0.6 is 0 Å². The molecular weight excluding hydrogens is 636 g/mol. The standard InChI is InChI=1S/C37H40N4O6.C2H4O/c42-26-40-33-22-28(14-17-34(33)43)35(44)25-39-20-18-27-12-15-31(16-13-27)46-21-7-19-38-24-32-23-36(41-47-32)37(45,29-8-3-1-4-9-29)30-10-5-2-6-11-30;1-2-3/h1-6,8-17,22-23,26,35,38-39,43-45H,7,18-21,24-25H2,(H,40,42);2H,1H3. The van der Waals surface area contributed by atoms with Crippen molar-refractivity contribution in [3.8, 4) is 11.5 Å². The molecule has 0 aliphatic rings. The van der Waals surface area contributed by atoms with E-state index in [1.807, 2.05) is 84.9 Å². The van der Waals surface area contributed by atoms with Crippen LogP contribution in [0.2, 0.25) is 0 Å². The molecule has 0 bridgehead atoms. The molecule has 0 saturated heterocycles. The van der Waals surface area contributed by atoms with E-state index in [1.165, 1.54) is 13.0 Å². The van der Waals surface area contributed by atoms with Crippen LogP contribution in [0.15, 0.2) is 114 Å². The van der Waals surface area contributed by atoms with Crippen LogP contribution in [-0.2, 0) is 28.2 Å². The van der Waals surface area contributed by atoms with Crippen LogP contribution in [0.5, 0.6) is 11.5 Å². The summed E-state index contributed by atoms with van der Waals surface area (Å²) in [6, 6.07) is 33.3. The number of aromatic hydroxyl groups is 1. The third kappa shape index (κ3) is 10.6. The van der Waals surface area contributed by atoms with E-state index in [0.717, 1.165) is 30.4 Å². The van der Waals surface area contributed by atoms with Crippen molar-refractivity contribution < 1.29 is 34.2 Å². The second-order valence-corrected chi connectivity index (χ2v) is 11.4. The number of nitrogens with zero attached hydrogens (tertiary/aromatic N) is 1. The van der Waals surface area contributed by atoms with Crippen molar-refractivity contribution in [3.05, 3.63) is 143 Å². The molecule has 0 aliphatic carbocycles. The van der Waals surface area contributed by atoms with Gasteiger partial charge in [-0.05, 0) is 79.4 Å². The van der Waals surface area contributed by atoms with Crippen molar-refractivity contribution in [2.45, 2.75) is 38.0 Å². The third-order valence-corrected chi connectivity index (χ3v) is 7.85. The maximum absolute atomic E-state index is 11.9. The smallest absolute Gasteiger partial charge is 0.211 e. The van der Waals surface area contributed by atoms with Gasteiger partial charge in [0.2, 0.25) is 6.41 Å². The largest absolute Gasteiger partial charge is 0.506 e. The average molecular weight is 681 g/mol. The molecule has 0 saturated carbocycles. The number of nitrogens with one attached hydrogen (secondary N) is 3. The first-order valence-corrected chi connectivity index (χ1v) is 16.4. The van der Waals surface area contributed by atoms with Crippen LogP contribution in [0.3, 0.4) is 0 Å². The number of carbonyl (C=O) groups excluding carboxylic acids is 2. The SMILES string of the molecule is CC=O.O=CNc1cc(C(O)CNCCc2ccc(OCCCNCc3cc(C(O)(c4ccccc4)c4ccccc4)no3)cc2)ccc1O. The number of anilines is 1. The summed E-state index contributed by atoms with van der Waals surface area (Å²) in [6.07, 6.45) is 2.03. The highest BCUT2D eigenvalue weighted by Crippen LogP contribution is 2.36. The topological polar surface area (TPSA) is 166 Å². The van der Waals surface area contributed by atoms with Gasteiger partial charge in [0.05, 0.1) is 24.9 Å². The molecule has 1 heterocycles. The molecule has 0 spiro atoms. The minimum Gasteiger partial charge on any atom is -0.506 e. The Morgan fingerprint density at radius 3 is 2.18 bits per heavy atom. The number of aldehydes is 1. The Hall–Kier alpha value is -5.33. The fourth-order valence-electron chi connectivity index (χ4n) is 5.27. The summed E-state index contributed by atoms with van der Waals surface area (Å²) in [5.74, 6) is 1.37. The van der Waals surface area contributed by atoms with Crippen LogP contribution in [0.25, 0.3) is 0 Å². The fourth-order valence-corrected chi connectivity index (χ4v) is 5.27. The number of amides is 1. The van der Waals surface area contributed by atoms with Crippen LogP contribution in [0.4, 0.5) is 5.69 Å². The van der Waals surface area contributed by atoms with Gasteiger partial charge in [-0.1, -0.05) is 84.0 Å². The Kier molecular flexibility index (Phi) is 14.7. The van der Waals surface area contributed by atoms with E-state index in [1.54, 1.807) is 18.2 Å². The Balaban J connectivity index is 0.00000181. The van der Waals surface area contributed by atoms with E-state index in [-0.39, 0.29) is 11.4 Å². The number of ether oxygens (including phenoxy) is 1. The first-order chi connectivity index (χ1) is 24.4. The number of phenolic OH excluding ortho intramolecular Hbond substituents is 1. The highest BCUT2D eigenvalue weighted by atomic mass is 16.5. The van der Waals surface area contributed by atoms with Crippen molar-refractivity contribution in [3.63, 3.8) is 0 Å². The molecule has 1 unspecified atom stereocenters. The molecule has 0 radical (unpaired) electrons.